The number of rotatable bonds is 3. The Hall–Kier alpha value is -1.68. The smallest absolute Gasteiger partial charge is 0.243 e. The summed E-state index contributed by atoms with van der Waals surface area (Å²) in [5, 5.41) is 4.15. The second-order valence-corrected chi connectivity index (χ2v) is 7.64. The van der Waals surface area contributed by atoms with Gasteiger partial charge in [-0.15, -0.1) is 0 Å². The van der Waals surface area contributed by atoms with Gasteiger partial charge in [0.25, 0.3) is 0 Å². The fourth-order valence-electron chi connectivity index (χ4n) is 3.68. The number of nitrogens with zero attached hydrogens (tertiary/aromatic N) is 1. The lowest BCUT2D eigenvalue weighted by atomic mass is 10.1. The number of benzene rings is 1. The molecule has 1 saturated carbocycles. The number of hydrazone groups is 1. The highest BCUT2D eigenvalue weighted by molar-refractivity contribution is 9.10. The molecule has 0 bridgehead atoms. The van der Waals surface area contributed by atoms with Crippen LogP contribution < -0.4 is 5.43 Å². The lowest BCUT2D eigenvalue weighted by Crippen LogP contribution is -2.21. The number of carbonyl (C=O) groups is 1. The van der Waals surface area contributed by atoms with Gasteiger partial charge in [0.15, 0.2) is 0 Å². The van der Waals surface area contributed by atoms with E-state index in [2.05, 4.69) is 50.8 Å². The average Bonchev–Trinajstić information content (AvgIpc) is 3.29. The molecule has 3 rings (SSSR count). The highest BCUT2D eigenvalue weighted by Crippen LogP contribution is 2.52. The van der Waals surface area contributed by atoms with E-state index < -0.39 is 0 Å². The molecule has 0 spiro atoms. The van der Waals surface area contributed by atoms with Gasteiger partial charge in [0.1, 0.15) is 0 Å². The van der Waals surface area contributed by atoms with Crippen LogP contribution in [0.2, 0.25) is 0 Å². The van der Waals surface area contributed by atoms with Crippen molar-refractivity contribution in [2.24, 2.45) is 22.9 Å². The van der Waals surface area contributed by atoms with Gasteiger partial charge >= 0.3 is 0 Å². The summed E-state index contributed by atoms with van der Waals surface area (Å²) >= 11 is 3.48. The van der Waals surface area contributed by atoms with E-state index in [4.69, 9.17) is 0 Å². The van der Waals surface area contributed by atoms with E-state index in [0.717, 1.165) is 48.6 Å². The van der Waals surface area contributed by atoms with Crippen LogP contribution in [0.1, 0.15) is 44.1 Å². The lowest BCUT2D eigenvalue weighted by molar-refractivity contribution is -0.122. The van der Waals surface area contributed by atoms with E-state index in [1.165, 1.54) is 0 Å². The van der Waals surface area contributed by atoms with Gasteiger partial charge in [-0.05, 0) is 56.4 Å². The van der Waals surface area contributed by atoms with E-state index in [0.29, 0.717) is 11.8 Å². The summed E-state index contributed by atoms with van der Waals surface area (Å²) in [4.78, 5) is 12.5. The average molecular weight is 401 g/mol. The van der Waals surface area contributed by atoms with Crippen molar-refractivity contribution in [3.63, 3.8) is 0 Å². The van der Waals surface area contributed by atoms with Crippen molar-refractivity contribution in [1.29, 1.82) is 0 Å². The Morgan fingerprint density at radius 2 is 1.60 bits per heavy atom. The predicted octanol–water partition coefficient (Wildman–Crippen LogP) is 5.23. The fraction of sp³-hybridized carbons (Fsp3) is 0.429. The first-order chi connectivity index (χ1) is 12.3. The zero-order valence-electron chi connectivity index (χ0n) is 14.4. The van der Waals surface area contributed by atoms with Gasteiger partial charge in [-0.25, -0.2) is 5.43 Å². The number of halogens is 1. The van der Waals surface area contributed by atoms with Gasteiger partial charge in [-0.1, -0.05) is 58.4 Å². The van der Waals surface area contributed by atoms with Crippen LogP contribution in [0.4, 0.5) is 0 Å². The second kappa shape index (κ2) is 9.14. The molecule has 1 fully saturated rings. The van der Waals surface area contributed by atoms with Crippen molar-refractivity contribution < 1.29 is 4.79 Å². The van der Waals surface area contributed by atoms with Crippen molar-refractivity contribution in [2.75, 3.05) is 0 Å². The minimum absolute atomic E-state index is 0.0705. The van der Waals surface area contributed by atoms with Gasteiger partial charge in [0.05, 0.1) is 6.21 Å². The first-order valence-electron chi connectivity index (χ1n) is 9.15. The third-order valence-electron chi connectivity index (χ3n) is 5.08. The van der Waals surface area contributed by atoms with E-state index in [1.54, 1.807) is 6.21 Å². The van der Waals surface area contributed by atoms with Crippen molar-refractivity contribution in [3.05, 3.63) is 58.6 Å². The van der Waals surface area contributed by atoms with Crippen molar-refractivity contribution >= 4 is 28.1 Å². The van der Waals surface area contributed by atoms with Crippen LogP contribution >= 0.6 is 15.9 Å². The Bertz CT molecular complexity index is 656. The Kier molecular flexibility index (Phi) is 6.62. The number of carbonyl (C=O) groups excluding carboxylic acids is 1. The molecule has 0 saturated heterocycles. The molecule has 2 aliphatic rings. The predicted molar refractivity (Wildman–Crippen MR) is 106 cm³/mol. The minimum atomic E-state index is 0.0705. The summed E-state index contributed by atoms with van der Waals surface area (Å²) in [6.07, 6.45) is 17.4. The normalized spacial score (nSPS) is 29.1. The molecule has 0 aliphatic heterocycles. The Balaban J connectivity index is 1.55. The number of fused-ring (bicyclic) bond motifs is 1. The van der Waals surface area contributed by atoms with E-state index >= 15 is 0 Å². The summed E-state index contributed by atoms with van der Waals surface area (Å²) < 4.78 is 0.972. The van der Waals surface area contributed by atoms with Crippen molar-refractivity contribution in [1.82, 2.24) is 5.43 Å². The number of nitrogens with one attached hydrogen (secondary N) is 1. The standard InChI is InChI=1S/C21H25BrN2O/c22-19-14-10-9-11-16(19)15-23-24-21(25)20-17-12-7-5-3-1-2-4-6-8-13-18(17)20/h3-6,9-11,14-15,17-18,20H,1-2,7-8,12-13H2,(H,24,25)/b5-3-,6-4-,23-15-. The maximum Gasteiger partial charge on any atom is 0.243 e. The van der Waals surface area contributed by atoms with Crippen LogP contribution in [-0.4, -0.2) is 12.1 Å². The molecule has 4 heteroatoms. The minimum Gasteiger partial charge on any atom is -0.273 e. The maximum absolute atomic E-state index is 12.5. The topological polar surface area (TPSA) is 41.5 Å². The molecule has 3 nitrogen and oxygen atoms in total. The number of amides is 1. The molecule has 0 heterocycles. The molecule has 2 unspecified atom stereocenters. The zero-order chi connectivity index (χ0) is 17.5. The van der Waals surface area contributed by atoms with Gasteiger partial charge < -0.3 is 0 Å². The number of hydrogen-bond acceptors (Lipinski definition) is 2. The van der Waals surface area contributed by atoms with E-state index in [-0.39, 0.29) is 11.8 Å². The van der Waals surface area contributed by atoms with E-state index in [1.807, 2.05) is 24.3 Å². The summed E-state index contributed by atoms with van der Waals surface area (Å²) in [6.45, 7) is 0. The molecule has 2 aliphatic carbocycles. The quantitative estimate of drug-likeness (QED) is 0.421. The number of allylic oxidation sites excluding steroid dienone is 4. The largest absolute Gasteiger partial charge is 0.273 e. The Labute approximate surface area is 158 Å². The molecule has 1 amide bonds. The molecule has 1 N–H and O–H groups in total. The monoisotopic (exact) mass is 400 g/mol. The van der Waals surface area contributed by atoms with Crippen LogP contribution in [0.25, 0.3) is 0 Å². The molecule has 0 aromatic heterocycles. The molecular weight excluding hydrogens is 376 g/mol. The molecule has 0 radical (unpaired) electrons. The third kappa shape index (κ3) is 5.15. The Morgan fingerprint density at radius 3 is 2.24 bits per heavy atom. The molecule has 2 atom stereocenters. The van der Waals surface area contributed by atoms with Crippen molar-refractivity contribution in [3.8, 4) is 0 Å². The van der Waals surface area contributed by atoms with Gasteiger partial charge in [-0.2, -0.15) is 5.10 Å². The van der Waals surface area contributed by atoms with Crippen LogP contribution in [-0.2, 0) is 4.79 Å². The summed E-state index contributed by atoms with van der Waals surface area (Å²) in [5.74, 6) is 1.22. The third-order valence-corrected chi connectivity index (χ3v) is 5.81. The highest BCUT2D eigenvalue weighted by Gasteiger charge is 2.52. The molecule has 25 heavy (non-hydrogen) atoms. The SMILES string of the molecule is O=C(N/N=C\c1ccccc1Br)C1C2CC/C=C\CC/C=C\CCC21. The van der Waals surface area contributed by atoms with Crippen LogP contribution in [0.5, 0.6) is 0 Å². The van der Waals surface area contributed by atoms with Crippen molar-refractivity contribution in [2.45, 2.75) is 38.5 Å². The van der Waals surface area contributed by atoms with Gasteiger partial charge in [0, 0.05) is 16.0 Å². The first kappa shape index (κ1) is 18.1. The highest BCUT2D eigenvalue weighted by atomic mass is 79.9. The summed E-state index contributed by atoms with van der Waals surface area (Å²) in [6, 6.07) is 7.83. The lowest BCUT2D eigenvalue weighted by Gasteiger charge is -2.00. The maximum atomic E-state index is 12.5. The van der Waals surface area contributed by atoms with Gasteiger partial charge in [-0.3, -0.25) is 4.79 Å². The van der Waals surface area contributed by atoms with Crippen LogP contribution in [0.15, 0.2) is 58.1 Å². The first-order valence-corrected chi connectivity index (χ1v) is 9.94. The van der Waals surface area contributed by atoms with Crippen LogP contribution in [0.3, 0.4) is 0 Å². The Morgan fingerprint density at radius 1 is 1.00 bits per heavy atom. The summed E-state index contributed by atoms with van der Waals surface area (Å²) in [7, 11) is 0. The second-order valence-electron chi connectivity index (χ2n) is 6.78. The molecule has 132 valence electrons. The molecule has 1 aromatic carbocycles. The molecule has 1 aromatic rings. The fourth-order valence-corrected chi connectivity index (χ4v) is 4.07. The molecular formula is C21H25BrN2O. The zero-order valence-corrected chi connectivity index (χ0v) is 16.0. The van der Waals surface area contributed by atoms with Crippen LogP contribution in [0, 0.1) is 17.8 Å². The van der Waals surface area contributed by atoms with Gasteiger partial charge in [0.2, 0.25) is 5.91 Å². The van der Waals surface area contributed by atoms with E-state index in [9.17, 15) is 4.79 Å². The number of hydrogen-bond donors (Lipinski definition) is 1. The summed E-state index contributed by atoms with van der Waals surface area (Å²) in [5.41, 5.74) is 3.71.